The van der Waals surface area contributed by atoms with Gasteiger partial charge in [0.2, 0.25) is 0 Å². The third-order valence-electron chi connectivity index (χ3n) is 2.87. The van der Waals surface area contributed by atoms with Crippen LogP contribution in [0.5, 0.6) is 0 Å². The molecule has 0 saturated carbocycles. The molecule has 0 aliphatic heterocycles. The molecule has 7 heteroatoms. The molecule has 0 saturated heterocycles. The fourth-order valence-corrected chi connectivity index (χ4v) is 1.77. The molecular weight excluding hydrogens is 272 g/mol. The summed E-state index contributed by atoms with van der Waals surface area (Å²) in [4.78, 5) is 28.3. The lowest BCUT2D eigenvalue weighted by Crippen LogP contribution is -2.50. The number of imidazole rings is 1. The van der Waals surface area contributed by atoms with E-state index in [4.69, 9.17) is 5.11 Å². The van der Waals surface area contributed by atoms with Crippen molar-refractivity contribution in [2.45, 2.75) is 32.9 Å². The van der Waals surface area contributed by atoms with E-state index in [9.17, 15) is 9.59 Å². The molecule has 2 amide bonds. The number of hydrogen-bond acceptors (Lipinski definition) is 3. The van der Waals surface area contributed by atoms with Crippen LogP contribution in [0, 0.1) is 0 Å². The lowest BCUT2D eigenvalue weighted by Gasteiger charge is -2.34. The summed E-state index contributed by atoms with van der Waals surface area (Å²) < 4.78 is 1.62. The zero-order valence-corrected chi connectivity index (χ0v) is 12.7. The van der Waals surface area contributed by atoms with Gasteiger partial charge in [-0.25, -0.2) is 14.6 Å². The SMILES string of the molecule is C=CCN(C(=O)NCCn1cnc(C(=O)O)c1)C(C)(C)C. The van der Waals surface area contributed by atoms with Crippen molar-refractivity contribution in [3.63, 3.8) is 0 Å². The Bertz CT molecular complexity index is 517. The Morgan fingerprint density at radius 1 is 1.52 bits per heavy atom. The molecule has 0 spiro atoms. The molecule has 0 bridgehead atoms. The fourth-order valence-electron chi connectivity index (χ4n) is 1.77. The summed E-state index contributed by atoms with van der Waals surface area (Å²) in [5, 5.41) is 11.6. The molecule has 0 atom stereocenters. The second-order valence-electron chi connectivity index (χ2n) is 5.60. The average molecular weight is 294 g/mol. The predicted octanol–water partition coefficient (Wildman–Crippen LogP) is 1.58. The minimum absolute atomic E-state index is 0.00991. The molecular formula is C14H22N4O3. The number of carbonyl (C=O) groups excluding carboxylic acids is 1. The van der Waals surface area contributed by atoms with Gasteiger partial charge in [-0.3, -0.25) is 0 Å². The first-order valence-electron chi connectivity index (χ1n) is 6.67. The number of rotatable bonds is 6. The largest absolute Gasteiger partial charge is 0.476 e. The minimum atomic E-state index is -1.07. The quantitative estimate of drug-likeness (QED) is 0.780. The number of aromatic carboxylic acids is 1. The van der Waals surface area contributed by atoms with Crippen LogP contribution in [-0.4, -0.2) is 50.2 Å². The standard InChI is InChI=1S/C14H22N4O3/c1-5-7-18(14(2,3)4)13(21)15-6-8-17-9-11(12(19)20)16-10-17/h5,9-10H,1,6-8H2,2-4H3,(H,15,21)(H,19,20). The van der Waals surface area contributed by atoms with Gasteiger partial charge in [-0.2, -0.15) is 0 Å². The van der Waals surface area contributed by atoms with Gasteiger partial charge in [0.15, 0.2) is 5.69 Å². The van der Waals surface area contributed by atoms with E-state index in [1.54, 1.807) is 15.5 Å². The summed E-state index contributed by atoms with van der Waals surface area (Å²) in [6.45, 7) is 10.8. The monoisotopic (exact) mass is 294 g/mol. The van der Waals surface area contributed by atoms with Gasteiger partial charge in [0, 0.05) is 31.4 Å². The first-order chi connectivity index (χ1) is 9.75. The molecule has 2 N–H and O–H groups in total. The first-order valence-corrected chi connectivity index (χ1v) is 6.67. The summed E-state index contributed by atoms with van der Waals surface area (Å²) >= 11 is 0. The number of amides is 2. The summed E-state index contributed by atoms with van der Waals surface area (Å²) in [6.07, 6.45) is 4.54. The van der Waals surface area contributed by atoms with Crippen LogP contribution >= 0.6 is 0 Å². The second-order valence-corrected chi connectivity index (χ2v) is 5.60. The molecule has 0 aliphatic carbocycles. The normalized spacial score (nSPS) is 11.0. The zero-order chi connectivity index (χ0) is 16.0. The maximum absolute atomic E-state index is 12.1. The van der Waals surface area contributed by atoms with E-state index in [-0.39, 0.29) is 17.3 Å². The van der Waals surface area contributed by atoms with Crippen molar-refractivity contribution >= 4 is 12.0 Å². The smallest absolute Gasteiger partial charge is 0.356 e. The number of carboxylic acids is 1. The highest BCUT2D eigenvalue weighted by Gasteiger charge is 2.24. The Morgan fingerprint density at radius 3 is 2.67 bits per heavy atom. The van der Waals surface area contributed by atoms with Crippen LogP contribution in [0.4, 0.5) is 4.79 Å². The van der Waals surface area contributed by atoms with Crippen molar-refractivity contribution in [2.75, 3.05) is 13.1 Å². The Labute approximate surface area is 124 Å². The molecule has 0 fully saturated rings. The number of nitrogens with zero attached hydrogens (tertiary/aromatic N) is 3. The van der Waals surface area contributed by atoms with Gasteiger partial charge in [-0.05, 0) is 20.8 Å². The maximum atomic E-state index is 12.1. The van der Waals surface area contributed by atoms with Crippen molar-refractivity contribution in [3.05, 3.63) is 30.9 Å². The van der Waals surface area contributed by atoms with E-state index < -0.39 is 5.97 Å². The molecule has 0 radical (unpaired) electrons. The molecule has 0 unspecified atom stereocenters. The molecule has 1 aromatic heterocycles. The predicted molar refractivity (Wildman–Crippen MR) is 79.2 cm³/mol. The van der Waals surface area contributed by atoms with Crippen LogP contribution in [0.25, 0.3) is 0 Å². The number of hydrogen-bond donors (Lipinski definition) is 2. The molecule has 21 heavy (non-hydrogen) atoms. The highest BCUT2D eigenvalue weighted by Crippen LogP contribution is 2.12. The van der Waals surface area contributed by atoms with E-state index in [0.717, 1.165) is 0 Å². The van der Waals surface area contributed by atoms with Gasteiger partial charge in [-0.1, -0.05) is 6.08 Å². The van der Waals surface area contributed by atoms with Crippen molar-refractivity contribution in [2.24, 2.45) is 0 Å². The van der Waals surface area contributed by atoms with E-state index >= 15 is 0 Å². The lowest BCUT2D eigenvalue weighted by atomic mass is 10.1. The number of nitrogens with one attached hydrogen (secondary N) is 1. The van der Waals surface area contributed by atoms with Gasteiger partial charge >= 0.3 is 12.0 Å². The topological polar surface area (TPSA) is 87.5 Å². The summed E-state index contributed by atoms with van der Waals surface area (Å²) in [5.41, 5.74) is -0.312. The highest BCUT2D eigenvalue weighted by molar-refractivity contribution is 5.84. The van der Waals surface area contributed by atoms with Crippen LogP contribution in [0.1, 0.15) is 31.3 Å². The second kappa shape index (κ2) is 6.92. The lowest BCUT2D eigenvalue weighted by molar-refractivity contribution is 0.0691. The molecule has 0 aliphatic rings. The Morgan fingerprint density at radius 2 is 2.19 bits per heavy atom. The zero-order valence-electron chi connectivity index (χ0n) is 12.7. The first kappa shape index (κ1) is 16.7. The Balaban J connectivity index is 2.51. The van der Waals surface area contributed by atoms with Crippen LogP contribution in [0.3, 0.4) is 0 Å². The van der Waals surface area contributed by atoms with Gasteiger partial charge < -0.3 is 19.9 Å². The van der Waals surface area contributed by atoms with Crippen molar-refractivity contribution in [1.82, 2.24) is 19.8 Å². The number of carbonyl (C=O) groups is 2. The molecule has 1 heterocycles. The highest BCUT2D eigenvalue weighted by atomic mass is 16.4. The van der Waals surface area contributed by atoms with Crippen LogP contribution in [0.2, 0.25) is 0 Å². The number of carboxylic acid groups (broad SMARTS) is 1. The van der Waals surface area contributed by atoms with Crippen LogP contribution in [-0.2, 0) is 6.54 Å². The van der Waals surface area contributed by atoms with E-state index in [1.165, 1.54) is 12.5 Å². The van der Waals surface area contributed by atoms with E-state index in [0.29, 0.717) is 19.6 Å². The van der Waals surface area contributed by atoms with E-state index in [1.807, 2.05) is 20.8 Å². The third kappa shape index (κ3) is 4.94. The van der Waals surface area contributed by atoms with Crippen molar-refractivity contribution < 1.29 is 14.7 Å². The van der Waals surface area contributed by atoms with Crippen molar-refractivity contribution in [3.8, 4) is 0 Å². The van der Waals surface area contributed by atoms with Crippen molar-refractivity contribution in [1.29, 1.82) is 0 Å². The molecule has 0 aromatic carbocycles. The Hall–Kier alpha value is -2.31. The molecule has 7 nitrogen and oxygen atoms in total. The summed E-state index contributed by atoms with van der Waals surface area (Å²) in [5.74, 6) is -1.07. The third-order valence-corrected chi connectivity index (χ3v) is 2.87. The summed E-state index contributed by atoms with van der Waals surface area (Å²) in [6, 6.07) is -0.180. The Kier molecular flexibility index (Phi) is 5.52. The number of urea groups is 1. The van der Waals surface area contributed by atoms with Gasteiger partial charge in [-0.15, -0.1) is 6.58 Å². The van der Waals surface area contributed by atoms with E-state index in [2.05, 4.69) is 16.9 Å². The average Bonchev–Trinajstić information content (AvgIpc) is 2.83. The molecule has 1 aromatic rings. The number of aromatic nitrogens is 2. The van der Waals surface area contributed by atoms with Gasteiger partial charge in [0.25, 0.3) is 0 Å². The van der Waals surface area contributed by atoms with Crippen LogP contribution < -0.4 is 5.32 Å². The molecule has 1 rings (SSSR count). The van der Waals surface area contributed by atoms with Crippen LogP contribution in [0.15, 0.2) is 25.2 Å². The molecule has 116 valence electrons. The van der Waals surface area contributed by atoms with Gasteiger partial charge in [0.1, 0.15) is 0 Å². The minimum Gasteiger partial charge on any atom is -0.476 e. The summed E-state index contributed by atoms with van der Waals surface area (Å²) in [7, 11) is 0. The fraction of sp³-hybridized carbons (Fsp3) is 0.500. The van der Waals surface area contributed by atoms with Gasteiger partial charge in [0.05, 0.1) is 6.33 Å². The maximum Gasteiger partial charge on any atom is 0.356 e.